The van der Waals surface area contributed by atoms with Gasteiger partial charge in [0.05, 0.1) is 19.4 Å². The van der Waals surface area contributed by atoms with E-state index in [1.54, 1.807) is 42.3 Å². The highest BCUT2D eigenvalue weighted by Gasteiger charge is 2.29. The van der Waals surface area contributed by atoms with Crippen LogP contribution in [0.4, 0.5) is 5.82 Å². The molecule has 0 saturated heterocycles. The number of carbonyl (C=O) groups is 1. The van der Waals surface area contributed by atoms with E-state index in [4.69, 9.17) is 32.8 Å². The molecule has 1 aromatic heterocycles. The van der Waals surface area contributed by atoms with E-state index in [1.807, 2.05) is 24.3 Å². The first-order chi connectivity index (χ1) is 14.5. The fourth-order valence-corrected chi connectivity index (χ4v) is 3.56. The standard InChI is InChI=1S/C21H18Cl2N4O3/c1-29-14-7-5-13(6-8-14)18-11-19(30-26-18)21(28)24-20-9-10-27(25-20)12-15-16(22)3-2-4-17(15)23/h2-10,19H,11-12H2,1H3,(H,24,25,28). The van der Waals surface area contributed by atoms with Crippen LogP contribution in [0.5, 0.6) is 5.75 Å². The molecule has 1 unspecified atom stereocenters. The fraction of sp³-hybridized carbons (Fsp3) is 0.190. The summed E-state index contributed by atoms with van der Waals surface area (Å²) >= 11 is 12.4. The summed E-state index contributed by atoms with van der Waals surface area (Å²) in [6.07, 6.45) is 1.39. The van der Waals surface area contributed by atoms with Gasteiger partial charge in [-0.3, -0.25) is 9.48 Å². The second-order valence-corrected chi connectivity index (χ2v) is 7.47. The number of hydrogen-bond acceptors (Lipinski definition) is 5. The molecule has 1 aliphatic rings. The van der Waals surface area contributed by atoms with Gasteiger partial charge in [0.1, 0.15) is 5.75 Å². The summed E-state index contributed by atoms with van der Waals surface area (Å²) in [4.78, 5) is 17.9. The number of amides is 1. The third kappa shape index (κ3) is 4.42. The van der Waals surface area contributed by atoms with Crippen molar-refractivity contribution in [2.45, 2.75) is 19.1 Å². The van der Waals surface area contributed by atoms with Crippen molar-refractivity contribution in [3.63, 3.8) is 0 Å². The van der Waals surface area contributed by atoms with Crippen molar-refractivity contribution in [2.24, 2.45) is 5.16 Å². The van der Waals surface area contributed by atoms with E-state index in [0.717, 1.165) is 16.9 Å². The van der Waals surface area contributed by atoms with E-state index in [2.05, 4.69) is 15.6 Å². The van der Waals surface area contributed by atoms with Gasteiger partial charge in [-0.15, -0.1) is 0 Å². The molecule has 9 heteroatoms. The summed E-state index contributed by atoms with van der Waals surface area (Å²) in [7, 11) is 1.61. The van der Waals surface area contributed by atoms with Crippen LogP contribution in [-0.4, -0.2) is 34.6 Å². The Morgan fingerprint density at radius 2 is 1.93 bits per heavy atom. The monoisotopic (exact) mass is 444 g/mol. The average molecular weight is 445 g/mol. The van der Waals surface area contributed by atoms with Crippen molar-refractivity contribution in [3.05, 3.63) is 75.9 Å². The number of methoxy groups -OCH3 is 1. The first kappa shape index (κ1) is 20.3. The number of halogens is 2. The number of anilines is 1. The van der Waals surface area contributed by atoms with Crippen LogP contribution in [0.1, 0.15) is 17.5 Å². The second kappa shape index (κ2) is 8.77. The average Bonchev–Trinajstić information content (AvgIpc) is 3.41. The lowest BCUT2D eigenvalue weighted by molar-refractivity contribution is -0.125. The van der Waals surface area contributed by atoms with Crippen LogP contribution in [0.25, 0.3) is 0 Å². The van der Waals surface area contributed by atoms with E-state index in [1.165, 1.54) is 0 Å². The Balaban J connectivity index is 1.36. The van der Waals surface area contributed by atoms with Crippen molar-refractivity contribution in [1.82, 2.24) is 9.78 Å². The Morgan fingerprint density at radius 1 is 1.20 bits per heavy atom. The molecular weight excluding hydrogens is 427 g/mol. The normalized spacial score (nSPS) is 15.4. The highest BCUT2D eigenvalue weighted by Crippen LogP contribution is 2.25. The molecule has 0 radical (unpaired) electrons. The minimum atomic E-state index is -0.717. The summed E-state index contributed by atoms with van der Waals surface area (Å²) < 4.78 is 6.80. The molecule has 154 valence electrons. The Morgan fingerprint density at radius 3 is 2.63 bits per heavy atom. The molecule has 2 aromatic carbocycles. The molecule has 1 N–H and O–H groups in total. The molecule has 0 spiro atoms. The SMILES string of the molecule is COc1ccc(C2=NOC(C(=O)Nc3ccn(Cc4c(Cl)cccc4Cl)n3)C2)cc1. The lowest BCUT2D eigenvalue weighted by Gasteiger charge is -2.08. The Hall–Kier alpha value is -3.03. The molecule has 0 bridgehead atoms. The summed E-state index contributed by atoms with van der Waals surface area (Å²) in [5.41, 5.74) is 2.35. The van der Waals surface area contributed by atoms with Crippen LogP contribution < -0.4 is 10.1 Å². The number of ether oxygens (including phenoxy) is 1. The smallest absolute Gasteiger partial charge is 0.269 e. The van der Waals surface area contributed by atoms with Gasteiger partial charge in [0, 0.05) is 34.3 Å². The van der Waals surface area contributed by atoms with Crippen LogP contribution in [0, 0.1) is 0 Å². The Kier molecular flexibility index (Phi) is 5.92. The Bertz CT molecular complexity index is 1080. The van der Waals surface area contributed by atoms with Crippen molar-refractivity contribution < 1.29 is 14.4 Å². The summed E-state index contributed by atoms with van der Waals surface area (Å²) in [6, 6.07) is 14.5. The fourth-order valence-electron chi connectivity index (χ4n) is 3.04. The van der Waals surface area contributed by atoms with E-state index in [0.29, 0.717) is 34.5 Å². The molecule has 0 aliphatic carbocycles. The largest absolute Gasteiger partial charge is 0.497 e. The van der Waals surface area contributed by atoms with E-state index in [-0.39, 0.29) is 5.91 Å². The molecule has 30 heavy (non-hydrogen) atoms. The van der Waals surface area contributed by atoms with E-state index >= 15 is 0 Å². The van der Waals surface area contributed by atoms with E-state index < -0.39 is 6.10 Å². The number of nitrogens with zero attached hydrogens (tertiary/aromatic N) is 3. The van der Waals surface area contributed by atoms with Gasteiger partial charge in [-0.2, -0.15) is 5.10 Å². The predicted molar refractivity (Wildman–Crippen MR) is 115 cm³/mol. The maximum absolute atomic E-state index is 12.5. The van der Waals surface area contributed by atoms with Crippen LogP contribution >= 0.6 is 23.2 Å². The second-order valence-electron chi connectivity index (χ2n) is 6.65. The van der Waals surface area contributed by atoms with Gasteiger partial charge < -0.3 is 14.9 Å². The zero-order valence-electron chi connectivity index (χ0n) is 16.0. The summed E-state index contributed by atoms with van der Waals surface area (Å²) in [5, 5.41) is 12.3. The third-order valence-corrected chi connectivity index (χ3v) is 5.37. The maximum atomic E-state index is 12.5. The topological polar surface area (TPSA) is 77.7 Å². The molecule has 1 aliphatic heterocycles. The number of aromatic nitrogens is 2. The van der Waals surface area contributed by atoms with Crippen molar-refractivity contribution in [2.75, 3.05) is 12.4 Å². The molecule has 3 aromatic rings. The zero-order valence-corrected chi connectivity index (χ0v) is 17.5. The quantitative estimate of drug-likeness (QED) is 0.611. The molecule has 4 rings (SSSR count). The van der Waals surface area contributed by atoms with Crippen molar-refractivity contribution >= 4 is 40.6 Å². The number of hydrogen-bond donors (Lipinski definition) is 1. The highest BCUT2D eigenvalue weighted by atomic mass is 35.5. The zero-order chi connectivity index (χ0) is 21.1. The molecule has 1 amide bonds. The third-order valence-electron chi connectivity index (χ3n) is 4.66. The predicted octanol–water partition coefficient (Wildman–Crippen LogP) is 4.38. The van der Waals surface area contributed by atoms with Crippen LogP contribution in [-0.2, 0) is 16.2 Å². The van der Waals surface area contributed by atoms with Gasteiger partial charge in [0.25, 0.3) is 5.91 Å². The van der Waals surface area contributed by atoms with Crippen LogP contribution in [0.15, 0.2) is 59.9 Å². The number of oxime groups is 1. The van der Waals surface area contributed by atoms with Gasteiger partial charge in [-0.25, -0.2) is 0 Å². The van der Waals surface area contributed by atoms with Crippen molar-refractivity contribution in [1.29, 1.82) is 0 Å². The number of benzene rings is 2. The summed E-state index contributed by atoms with van der Waals surface area (Å²) in [5.74, 6) is 0.842. The molecule has 1 atom stereocenters. The minimum Gasteiger partial charge on any atom is -0.497 e. The molecule has 2 heterocycles. The van der Waals surface area contributed by atoms with Crippen molar-refractivity contribution in [3.8, 4) is 5.75 Å². The Labute approximate surface area is 183 Å². The van der Waals surface area contributed by atoms with Gasteiger partial charge in [-0.05, 0) is 42.0 Å². The minimum absolute atomic E-state index is 0.316. The van der Waals surface area contributed by atoms with Crippen LogP contribution in [0.3, 0.4) is 0 Å². The number of carbonyl (C=O) groups excluding carboxylic acids is 1. The van der Waals surface area contributed by atoms with Gasteiger partial charge in [-0.1, -0.05) is 34.4 Å². The lowest BCUT2D eigenvalue weighted by atomic mass is 10.0. The molecular formula is C21H18Cl2N4O3. The first-order valence-corrected chi connectivity index (χ1v) is 9.93. The lowest BCUT2D eigenvalue weighted by Crippen LogP contribution is -2.28. The first-order valence-electron chi connectivity index (χ1n) is 9.18. The molecule has 7 nitrogen and oxygen atoms in total. The maximum Gasteiger partial charge on any atom is 0.269 e. The van der Waals surface area contributed by atoms with Gasteiger partial charge >= 0.3 is 0 Å². The highest BCUT2D eigenvalue weighted by molar-refractivity contribution is 6.35. The molecule has 0 saturated carbocycles. The van der Waals surface area contributed by atoms with Crippen LogP contribution in [0.2, 0.25) is 10.0 Å². The van der Waals surface area contributed by atoms with Gasteiger partial charge in [0.2, 0.25) is 6.10 Å². The van der Waals surface area contributed by atoms with Gasteiger partial charge in [0.15, 0.2) is 5.82 Å². The van der Waals surface area contributed by atoms with E-state index in [9.17, 15) is 4.79 Å². The molecule has 0 fully saturated rings. The number of nitrogens with one attached hydrogen (secondary N) is 1. The summed E-state index contributed by atoms with van der Waals surface area (Å²) in [6.45, 7) is 0.388. The number of rotatable bonds is 6.